The van der Waals surface area contributed by atoms with Crippen LogP contribution in [0.3, 0.4) is 0 Å². The molecule has 1 heterocycles. The van der Waals surface area contributed by atoms with Crippen LogP contribution in [0.1, 0.15) is 41.5 Å². The molecule has 0 bridgehead atoms. The van der Waals surface area contributed by atoms with Gasteiger partial charge in [-0.1, -0.05) is 12.1 Å². The van der Waals surface area contributed by atoms with Gasteiger partial charge in [0.05, 0.1) is 11.3 Å². The van der Waals surface area contributed by atoms with Gasteiger partial charge < -0.3 is 9.47 Å². The summed E-state index contributed by atoms with van der Waals surface area (Å²) in [6.45, 7) is 5.88. The van der Waals surface area contributed by atoms with E-state index in [4.69, 9.17) is 0 Å². The Bertz CT molecular complexity index is 746. The van der Waals surface area contributed by atoms with Crippen molar-refractivity contribution in [3.63, 3.8) is 0 Å². The van der Waals surface area contributed by atoms with Crippen LogP contribution in [-0.4, -0.2) is 28.5 Å². The molecular formula is C19H23FN2O. The highest BCUT2D eigenvalue weighted by Gasteiger charge is 2.33. The van der Waals surface area contributed by atoms with Crippen molar-refractivity contribution in [3.8, 4) is 5.69 Å². The quantitative estimate of drug-likeness (QED) is 0.834. The van der Waals surface area contributed by atoms with Crippen LogP contribution >= 0.6 is 0 Å². The minimum Gasteiger partial charge on any atom is -0.339 e. The maximum absolute atomic E-state index is 14.1. The third-order valence-corrected chi connectivity index (χ3v) is 4.99. The first-order valence-corrected chi connectivity index (χ1v) is 8.12. The highest BCUT2D eigenvalue weighted by atomic mass is 19.1. The Balaban J connectivity index is 1.97. The van der Waals surface area contributed by atoms with E-state index in [0.717, 1.165) is 11.4 Å². The monoisotopic (exact) mass is 314 g/mol. The van der Waals surface area contributed by atoms with Gasteiger partial charge in [-0.25, -0.2) is 4.39 Å². The van der Waals surface area contributed by atoms with Crippen LogP contribution in [0, 0.1) is 25.6 Å². The van der Waals surface area contributed by atoms with Crippen molar-refractivity contribution in [3.05, 3.63) is 53.1 Å². The van der Waals surface area contributed by atoms with Crippen LogP contribution in [0.25, 0.3) is 5.69 Å². The molecule has 3 rings (SSSR count). The lowest BCUT2D eigenvalue weighted by atomic mass is 10.1. The normalized spacial score (nSPS) is 15.5. The molecule has 0 radical (unpaired) electrons. The van der Waals surface area contributed by atoms with Crippen molar-refractivity contribution in [2.75, 3.05) is 7.05 Å². The van der Waals surface area contributed by atoms with E-state index in [1.54, 1.807) is 18.2 Å². The molecule has 0 unspecified atom stereocenters. The summed E-state index contributed by atoms with van der Waals surface area (Å²) in [6.07, 6.45) is 2.40. The summed E-state index contributed by atoms with van der Waals surface area (Å²) < 4.78 is 15.9. The largest absolute Gasteiger partial charge is 0.339 e. The highest BCUT2D eigenvalue weighted by molar-refractivity contribution is 5.96. The summed E-state index contributed by atoms with van der Waals surface area (Å²) in [5.74, 6) is 0.354. The Hall–Kier alpha value is -2.10. The van der Waals surface area contributed by atoms with Crippen LogP contribution in [-0.2, 0) is 0 Å². The lowest BCUT2D eigenvalue weighted by Gasteiger charge is -2.25. The molecule has 1 saturated carbocycles. The first kappa shape index (κ1) is 15.8. The number of hydrogen-bond donors (Lipinski definition) is 0. The molecule has 2 aromatic rings. The van der Waals surface area contributed by atoms with Gasteiger partial charge in [0.25, 0.3) is 5.91 Å². The van der Waals surface area contributed by atoms with Crippen LogP contribution in [0.4, 0.5) is 4.39 Å². The van der Waals surface area contributed by atoms with Gasteiger partial charge in [-0.2, -0.15) is 0 Å². The topological polar surface area (TPSA) is 25.2 Å². The van der Waals surface area contributed by atoms with E-state index in [-0.39, 0.29) is 17.8 Å². The zero-order valence-electron chi connectivity index (χ0n) is 14.1. The highest BCUT2D eigenvalue weighted by Crippen LogP contribution is 2.35. The Labute approximate surface area is 136 Å². The Morgan fingerprint density at radius 1 is 1.30 bits per heavy atom. The second-order valence-electron chi connectivity index (χ2n) is 6.57. The van der Waals surface area contributed by atoms with E-state index in [0.29, 0.717) is 17.2 Å². The Kier molecular flexibility index (Phi) is 4.00. The molecule has 3 nitrogen and oxygen atoms in total. The number of carbonyl (C=O) groups is 1. The van der Waals surface area contributed by atoms with Crippen molar-refractivity contribution in [1.82, 2.24) is 9.47 Å². The molecule has 1 fully saturated rings. The molecule has 1 amide bonds. The Morgan fingerprint density at radius 2 is 1.96 bits per heavy atom. The summed E-state index contributed by atoms with van der Waals surface area (Å²) in [5.41, 5.74) is 2.79. The van der Waals surface area contributed by atoms with Gasteiger partial charge >= 0.3 is 0 Å². The molecule has 0 spiro atoms. The number of benzene rings is 1. The van der Waals surface area contributed by atoms with Gasteiger partial charge in [0.15, 0.2) is 0 Å². The lowest BCUT2D eigenvalue weighted by molar-refractivity contribution is 0.0726. The number of halogens is 1. The minimum atomic E-state index is -0.284. The van der Waals surface area contributed by atoms with Crippen molar-refractivity contribution in [1.29, 1.82) is 0 Å². The maximum Gasteiger partial charge on any atom is 0.255 e. The van der Waals surface area contributed by atoms with Crippen molar-refractivity contribution < 1.29 is 9.18 Å². The fraction of sp³-hybridized carbons (Fsp3) is 0.421. The lowest BCUT2D eigenvalue weighted by Crippen LogP contribution is -2.36. The summed E-state index contributed by atoms with van der Waals surface area (Å²) >= 11 is 0. The van der Waals surface area contributed by atoms with Gasteiger partial charge in [-0.05, 0) is 57.7 Å². The summed E-state index contributed by atoms with van der Waals surface area (Å²) in [7, 11) is 1.86. The first-order chi connectivity index (χ1) is 10.9. The average molecular weight is 314 g/mol. The van der Waals surface area contributed by atoms with E-state index >= 15 is 0 Å². The zero-order chi connectivity index (χ0) is 16.7. The van der Waals surface area contributed by atoms with Gasteiger partial charge in [-0.15, -0.1) is 0 Å². The standard InChI is InChI=1S/C19H23FN2O/c1-12-11-16(19(23)21(4)13(2)15-9-10-15)14(3)22(12)18-8-6-5-7-17(18)20/h5-8,11,13,15H,9-10H2,1-4H3/t13-/m1/s1. The number of aryl methyl sites for hydroxylation is 1. The second-order valence-corrected chi connectivity index (χ2v) is 6.57. The number of aromatic nitrogens is 1. The van der Waals surface area contributed by atoms with E-state index in [2.05, 4.69) is 6.92 Å². The molecule has 122 valence electrons. The SMILES string of the molecule is Cc1cc(C(=O)N(C)[C@H](C)C2CC2)c(C)n1-c1ccccc1F. The third kappa shape index (κ3) is 2.78. The number of para-hydroxylation sites is 1. The van der Waals surface area contributed by atoms with E-state index < -0.39 is 0 Å². The molecule has 23 heavy (non-hydrogen) atoms. The summed E-state index contributed by atoms with van der Waals surface area (Å²) in [6, 6.07) is 8.76. The molecule has 0 N–H and O–H groups in total. The molecule has 1 aromatic carbocycles. The van der Waals surface area contributed by atoms with E-state index in [1.165, 1.54) is 18.9 Å². The fourth-order valence-electron chi connectivity index (χ4n) is 3.25. The van der Waals surface area contributed by atoms with Crippen molar-refractivity contribution in [2.24, 2.45) is 5.92 Å². The third-order valence-electron chi connectivity index (χ3n) is 4.99. The number of nitrogens with zero attached hydrogens (tertiary/aromatic N) is 2. The van der Waals surface area contributed by atoms with Gasteiger partial charge in [0.2, 0.25) is 0 Å². The van der Waals surface area contributed by atoms with Crippen LogP contribution < -0.4 is 0 Å². The number of rotatable bonds is 4. The summed E-state index contributed by atoms with van der Waals surface area (Å²) in [5, 5.41) is 0. The average Bonchev–Trinajstić information content (AvgIpc) is 3.33. The molecule has 4 heteroatoms. The molecule has 0 saturated heterocycles. The molecule has 0 aliphatic heterocycles. The molecule has 1 aromatic heterocycles. The van der Waals surface area contributed by atoms with Crippen LogP contribution in [0.2, 0.25) is 0 Å². The van der Waals surface area contributed by atoms with Crippen LogP contribution in [0.5, 0.6) is 0 Å². The number of hydrogen-bond acceptors (Lipinski definition) is 1. The first-order valence-electron chi connectivity index (χ1n) is 8.12. The van der Waals surface area contributed by atoms with Crippen molar-refractivity contribution >= 4 is 5.91 Å². The van der Waals surface area contributed by atoms with Gasteiger partial charge in [-0.3, -0.25) is 4.79 Å². The summed E-state index contributed by atoms with van der Waals surface area (Å²) in [4.78, 5) is 14.7. The van der Waals surface area contributed by atoms with Gasteiger partial charge in [0.1, 0.15) is 5.82 Å². The number of carbonyl (C=O) groups excluding carboxylic acids is 1. The molecular weight excluding hydrogens is 291 g/mol. The molecule has 1 aliphatic rings. The Morgan fingerprint density at radius 3 is 2.57 bits per heavy atom. The molecule has 1 aliphatic carbocycles. The predicted molar refractivity (Wildman–Crippen MR) is 89.5 cm³/mol. The smallest absolute Gasteiger partial charge is 0.255 e. The zero-order valence-corrected chi connectivity index (χ0v) is 14.1. The number of amides is 1. The maximum atomic E-state index is 14.1. The second kappa shape index (κ2) is 5.84. The van der Waals surface area contributed by atoms with Gasteiger partial charge in [0, 0.05) is 24.5 Å². The fourth-order valence-corrected chi connectivity index (χ4v) is 3.25. The molecule has 1 atom stereocenters. The minimum absolute atomic E-state index is 0.0140. The van der Waals surface area contributed by atoms with E-state index in [9.17, 15) is 9.18 Å². The van der Waals surface area contributed by atoms with Crippen LogP contribution in [0.15, 0.2) is 30.3 Å². The predicted octanol–water partition coefficient (Wildman–Crippen LogP) is 4.10. The van der Waals surface area contributed by atoms with E-state index in [1.807, 2.05) is 36.4 Å². The van der Waals surface area contributed by atoms with Crippen molar-refractivity contribution in [2.45, 2.75) is 39.7 Å².